The van der Waals surface area contributed by atoms with Crippen LogP contribution in [-0.2, 0) is 17.8 Å². The molecule has 2 aromatic rings. The van der Waals surface area contributed by atoms with Crippen LogP contribution in [0.15, 0.2) is 30.3 Å². The zero-order valence-corrected chi connectivity index (χ0v) is 11.4. The molecule has 0 atom stereocenters. The normalized spacial score (nSPS) is 10.6. The summed E-state index contributed by atoms with van der Waals surface area (Å²) in [5.41, 5.74) is 3.43. The minimum atomic E-state index is 0.521. The summed E-state index contributed by atoms with van der Waals surface area (Å²) in [4.78, 5) is 7.58. The molecule has 94 valence electrons. The van der Waals surface area contributed by atoms with Crippen LogP contribution in [0.3, 0.4) is 0 Å². The fourth-order valence-electron chi connectivity index (χ4n) is 1.78. The number of aromatic amines is 1. The van der Waals surface area contributed by atoms with E-state index in [4.69, 9.17) is 17.0 Å². The average molecular weight is 260 g/mol. The number of ether oxygens (including phenoxy) is 1. The molecule has 0 amide bonds. The molecule has 3 nitrogen and oxygen atoms in total. The highest BCUT2D eigenvalue weighted by atomic mass is 32.1. The first-order valence-corrected chi connectivity index (χ1v) is 6.22. The third-order valence-corrected chi connectivity index (χ3v) is 2.85. The van der Waals surface area contributed by atoms with E-state index in [-0.39, 0.29) is 0 Å². The number of hydrogen-bond donors (Lipinski definition) is 1. The van der Waals surface area contributed by atoms with Gasteiger partial charge in [0.05, 0.1) is 6.61 Å². The van der Waals surface area contributed by atoms with Gasteiger partial charge in [-0.2, -0.15) is 0 Å². The Morgan fingerprint density at radius 2 is 2.00 bits per heavy atom. The molecule has 0 saturated carbocycles. The van der Waals surface area contributed by atoms with Gasteiger partial charge in [-0.25, -0.2) is 4.98 Å². The van der Waals surface area contributed by atoms with Crippen LogP contribution in [0.4, 0.5) is 0 Å². The van der Waals surface area contributed by atoms with Gasteiger partial charge in [0.15, 0.2) is 0 Å². The van der Waals surface area contributed by atoms with Crippen LogP contribution < -0.4 is 0 Å². The largest absolute Gasteiger partial charge is 0.378 e. The summed E-state index contributed by atoms with van der Waals surface area (Å²) in [6.45, 7) is 2.60. The van der Waals surface area contributed by atoms with Crippen molar-refractivity contribution >= 4 is 12.2 Å². The molecule has 4 heteroatoms. The maximum absolute atomic E-state index is 5.15. The second-order valence-electron chi connectivity index (χ2n) is 4.29. The first-order chi connectivity index (χ1) is 8.67. The summed E-state index contributed by atoms with van der Waals surface area (Å²) in [6, 6.07) is 10.2. The summed E-state index contributed by atoms with van der Waals surface area (Å²) in [7, 11) is 1.66. The molecular formula is C14H16N2OS. The number of aromatic nitrogens is 2. The van der Waals surface area contributed by atoms with E-state index in [1.54, 1.807) is 7.11 Å². The smallest absolute Gasteiger partial charge is 0.130 e. The second kappa shape index (κ2) is 5.89. The zero-order chi connectivity index (χ0) is 13.0. The summed E-state index contributed by atoms with van der Waals surface area (Å²) in [6.07, 6.45) is 0.751. The topological polar surface area (TPSA) is 37.9 Å². The molecule has 2 rings (SSSR count). The van der Waals surface area contributed by atoms with Crippen molar-refractivity contribution in [3.8, 4) is 0 Å². The van der Waals surface area contributed by atoms with Gasteiger partial charge in [0.1, 0.15) is 10.5 Å². The van der Waals surface area contributed by atoms with Crippen LogP contribution in [0.1, 0.15) is 22.6 Å². The Labute approximate surface area is 112 Å². The van der Waals surface area contributed by atoms with Crippen molar-refractivity contribution < 1.29 is 4.74 Å². The van der Waals surface area contributed by atoms with Gasteiger partial charge in [0.25, 0.3) is 0 Å². The van der Waals surface area contributed by atoms with Gasteiger partial charge < -0.3 is 9.72 Å². The molecular weight excluding hydrogens is 244 g/mol. The van der Waals surface area contributed by atoms with E-state index < -0.39 is 0 Å². The molecule has 0 aliphatic heterocycles. The van der Waals surface area contributed by atoms with E-state index in [1.807, 2.05) is 6.07 Å². The molecule has 1 N–H and O–H groups in total. The number of hydrogen-bond acceptors (Lipinski definition) is 3. The molecule has 0 unspecified atom stereocenters. The Hall–Kier alpha value is -1.52. The Morgan fingerprint density at radius 3 is 2.67 bits per heavy atom. The predicted molar refractivity (Wildman–Crippen MR) is 74.1 cm³/mol. The molecule has 0 bridgehead atoms. The number of benzene rings is 1. The molecule has 0 fully saturated rings. The quantitative estimate of drug-likeness (QED) is 0.858. The molecule has 18 heavy (non-hydrogen) atoms. The van der Waals surface area contributed by atoms with E-state index in [0.29, 0.717) is 11.2 Å². The van der Waals surface area contributed by atoms with Crippen LogP contribution in [-0.4, -0.2) is 17.1 Å². The fourth-order valence-corrected chi connectivity index (χ4v) is 2.03. The highest BCUT2D eigenvalue weighted by Crippen LogP contribution is 2.08. The van der Waals surface area contributed by atoms with E-state index in [9.17, 15) is 0 Å². The lowest BCUT2D eigenvalue weighted by Gasteiger charge is -2.05. The Kier molecular flexibility index (Phi) is 4.23. The minimum Gasteiger partial charge on any atom is -0.378 e. The standard InChI is InChI=1S/C14H16N2OS/c1-10-3-5-11(6-4-10)7-13-15-12(9-17-2)8-14(18)16-13/h3-6,8H,7,9H2,1-2H3,(H,15,16,18). The minimum absolute atomic E-state index is 0.521. The predicted octanol–water partition coefficient (Wildman–Crippen LogP) is 3.18. The lowest BCUT2D eigenvalue weighted by molar-refractivity contribution is 0.181. The van der Waals surface area contributed by atoms with E-state index in [2.05, 4.69) is 41.2 Å². The van der Waals surface area contributed by atoms with Crippen LogP contribution in [0.5, 0.6) is 0 Å². The van der Waals surface area contributed by atoms with Gasteiger partial charge in [-0.3, -0.25) is 0 Å². The van der Waals surface area contributed by atoms with Gasteiger partial charge in [-0.05, 0) is 18.6 Å². The summed E-state index contributed by atoms with van der Waals surface area (Å²) < 4.78 is 5.70. The first-order valence-electron chi connectivity index (χ1n) is 5.81. The van der Waals surface area contributed by atoms with Crippen molar-refractivity contribution in [2.75, 3.05) is 7.11 Å². The number of methoxy groups -OCH3 is 1. The number of H-pyrrole nitrogens is 1. The van der Waals surface area contributed by atoms with Crippen molar-refractivity contribution in [1.29, 1.82) is 0 Å². The summed E-state index contributed by atoms with van der Waals surface area (Å²) in [5.74, 6) is 0.874. The molecule has 1 aromatic heterocycles. The molecule has 0 aliphatic carbocycles. The van der Waals surface area contributed by atoms with Gasteiger partial charge in [-0.1, -0.05) is 42.0 Å². The van der Waals surface area contributed by atoms with Gasteiger partial charge in [0.2, 0.25) is 0 Å². The molecule has 1 heterocycles. The van der Waals surface area contributed by atoms with Gasteiger partial charge in [0, 0.05) is 19.2 Å². The zero-order valence-electron chi connectivity index (χ0n) is 10.6. The highest BCUT2D eigenvalue weighted by Gasteiger charge is 2.01. The van der Waals surface area contributed by atoms with Gasteiger partial charge in [-0.15, -0.1) is 0 Å². The molecule has 0 aliphatic rings. The summed E-state index contributed by atoms with van der Waals surface area (Å²) in [5, 5.41) is 0. The van der Waals surface area contributed by atoms with Crippen molar-refractivity contribution in [2.45, 2.75) is 20.0 Å². The van der Waals surface area contributed by atoms with Crippen LogP contribution in [0.2, 0.25) is 0 Å². The van der Waals surface area contributed by atoms with Crippen molar-refractivity contribution in [3.05, 3.63) is 57.6 Å². The molecule has 0 spiro atoms. The van der Waals surface area contributed by atoms with Crippen LogP contribution in [0, 0.1) is 11.6 Å². The molecule has 0 saturated heterocycles. The van der Waals surface area contributed by atoms with Crippen molar-refractivity contribution in [1.82, 2.24) is 9.97 Å². The SMILES string of the molecule is COCc1cc(=S)nc(Cc2ccc(C)cc2)[nH]1. The van der Waals surface area contributed by atoms with Gasteiger partial charge >= 0.3 is 0 Å². The lowest BCUT2D eigenvalue weighted by atomic mass is 10.1. The number of nitrogens with zero attached hydrogens (tertiary/aromatic N) is 1. The third-order valence-electron chi connectivity index (χ3n) is 2.64. The molecule has 1 aromatic carbocycles. The van der Waals surface area contributed by atoms with E-state index >= 15 is 0 Å². The van der Waals surface area contributed by atoms with Crippen molar-refractivity contribution in [3.63, 3.8) is 0 Å². The maximum Gasteiger partial charge on any atom is 0.130 e. The van der Waals surface area contributed by atoms with Crippen LogP contribution >= 0.6 is 12.2 Å². The highest BCUT2D eigenvalue weighted by molar-refractivity contribution is 7.71. The number of aryl methyl sites for hydroxylation is 1. The molecule has 0 radical (unpaired) electrons. The Morgan fingerprint density at radius 1 is 1.28 bits per heavy atom. The first kappa shape index (κ1) is 12.9. The lowest BCUT2D eigenvalue weighted by Crippen LogP contribution is -2.02. The number of nitrogens with one attached hydrogen (secondary N) is 1. The average Bonchev–Trinajstić information content (AvgIpc) is 2.32. The fraction of sp³-hybridized carbons (Fsp3) is 0.286. The monoisotopic (exact) mass is 260 g/mol. The third kappa shape index (κ3) is 3.48. The maximum atomic E-state index is 5.15. The Bertz CT molecular complexity index is 575. The second-order valence-corrected chi connectivity index (χ2v) is 4.70. The van der Waals surface area contributed by atoms with Crippen LogP contribution in [0.25, 0.3) is 0 Å². The van der Waals surface area contributed by atoms with E-state index in [1.165, 1.54) is 11.1 Å². The number of rotatable bonds is 4. The summed E-state index contributed by atoms with van der Waals surface area (Å²) >= 11 is 5.15. The Balaban J connectivity index is 2.23. The van der Waals surface area contributed by atoms with Crippen molar-refractivity contribution in [2.24, 2.45) is 0 Å². The van der Waals surface area contributed by atoms with E-state index in [0.717, 1.165) is 17.9 Å².